The van der Waals surface area contributed by atoms with Crippen molar-refractivity contribution < 1.29 is 28.7 Å². The number of amides is 1. The quantitative estimate of drug-likeness (QED) is 0.423. The maximum atomic E-state index is 12.4. The van der Waals surface area contributed by atoms with Crippen molar-refractivity contribution in [3.63, 3.8) is 0 Å². The second-order valence-corrected chi connectivity index (χ2v) is 5.96. The van der Waals surface area contributed by atoms with E-state index in [-0.39, 0.29) is 10.6 Å². The van der Waals surface area contributed by atoms with Crippen LogP contribution in [0.3, 0.4) is 0 Å². The SMILES string of the molecule is COc1ccc(OC)c(NC(=O)C(C)OC(=O)c2ccc(Cl)cc2[N+](=O)[O-])c1. The summed E-state index contributed by atoms with van der Waals surface area (Å²) < 4.78 is 15.3. The molecular formula is C18H17ClN2O7. The van der Waals surface area contributed by atoms with Crippen LogP contribution in [0.15, 0.2) is 36.4 Å². The number of hydrogen-bond donors (Lipinski definition) is 1. The van der Waals surface area contributed by atoms with E-state index in [1.165, 1.54) is 39.3 Å². The smallest absolute Gasteiger partial charge is 0.345 e. The van der Waals surface area contributed by atoms with Crippen LogP contribution in [0.2, 0.25) is 5.02 Å². The summed E-state index contributed by atoms with van der Waals surface area (Å²) in [5.74, 6) is -0.821. The van der Waals surface area contributed by atoms with E-state index >= 15 is 0 Å². The van der Waals surface area contributed by atoms with Gasteiger partial charge in [0.2, 0.25) is 0 Å². The number of nitrogens with zero attached hydrogens (tertiary/aromatic N) is 1. The first-order chi connectivity index (χ1) is 13.3. The van der Waals surface area contributed by atoms with E-state index < -0.39 is 28.6 Å². The summed E-state index contributed by atoms with van der Waals surface area (Å²) >= 11 is 5.72. The lowest BCUT2D eigenvalue weighted by atomic mass is 10.2. The van der Waals surface area contributed by atoms with E-state index in [2.05, 4.69) is 5.32 Å². The van der Waals surface area contributed by atoms with Crippen LogP contribution < -0.4 is 14.8 Å². The number of nitrogens with one attached hydrogen (secondary N) is 1. The Kier molecular flexibility index (Phi) is 6.78. The average molecular weight is 409 g/mol. The summed E-state index contributed by atoms with van der Waals surface area (Å²) in [5, 5.41) is 13.8. The topological polar surface area (TPSA) is 117 Å². The van der Waals surface area contributed by atoms with Gasteiger partial charge < -0.3 is 19.5 Å². The van der Waals surface area contributed by atoms with E-state index in [1.807, 2.05) is 0 Å². The summed E-state index contributed by atoms with van der Waals surface area (Å²) in [6.45, 7) is 1.33. The molecule has 10 heteroatoms. The fourth-order valence-corrected chi connectivity index (χ4v) is 2.42. The highest BCUT2D eigenvalue weighted by molar-refractivity contribution is 6.31. The molecule has 2 aromatic carbocycles. The molecule has 0 radical (unpaired) electrons. The van der Waals surface area contributed by atoms with E-state index in [4.69, 9.17) is 25.8 Å². The van der Waals surface area contributed by atoms with Gasteiger partial charge in [-0.3, -0.25) is 14.9 Å². The Labute approximate surface area is 165 Å². The maximum Gasteiger partial charge on any atom is 0.345 e. The van der Waals surface area contributed by atoms with Crippen molar-refractivity contribution in [2.45, 2.75) is 13.0 Å². The highest BCUT2D eigenvalue weighted by atomic mass is 35.5. The van der Waals surface area contributed by atoms with Gasteiger partial charge in [-0.2, -0.15) is 0 Å². The zero-order chi connectivity index (χ0) is 20.8. The van der Waals surface area contributed by atoms with Crippen LogP contribution in [0.4, 0.5) is 11.4 Å². The Morgan fingerprint density at radius 3 is 2.46 bits per heavy atom. The minimum atomic E-state index is -1.24. The summed E-state index contributed by atoms with van der Waals surface area (Å²) in [7, 11) is 2.90. The zero-order valence-electron chi connectivity index (χ0n) is 15.2. The van der Waals surface area contributed by atoms with Crippen LogP contribution in [0.25, 0.3) is 0 Å². The summed E-state index contributed by atoms with van der Waals surface area (Å²) in [5.41, 5.74) is -0.514. The first-order valence-corrected chi connectivity index (χ1v) is 8.32. The predicted molar refractivity (Wildman–Crippen MR) is 101 cm³/mol. The third-order valence-electron chi connectivity index (χ3n) is 3.69. The molecule has 0 saturated heterocycles. The predicted octanol–water partition coefficient (Wildman–Crippen LogP) is 3.45. The van der Waals surface area contributed by atoms with Crippen molar-refractivity contribution in [2.24, 2.45) is 0 Å². The number of halogens is 1. The van der Waals surface area contributed by atoms with Crippen LogP contribution in [-0.4, -0.2) is 37.1 Å². The lowest BCUT2D eigenvalue weighted by molar-refractivity contribution is -0.385. The van der Waals surface area contributed by atoms with Gasteiger partial charge in [-0.15, -0.1) is 0 Å². The number of nitro benzene ring substituents is 1. The van der Waals surface area contributed by atoms with Gasteiger partial charge in [0.15, 0.2) is 6.10 Å². The van der Waals surface area contributed by atoms with Crippen molar-refractivity contribution in [3.8, 4) is 11.5 Å². The monoisotopic (exact) mass is 408 g/mol. The molecule has 0 aliphatic rings. The molecule has 0 fully saturated rings. The summed E-state index contributed by atoms with van der Waals surface area (Å²) in [6, 6.07) is 8.30. The van der Waals surface area contributed by atoms with Gasteiger partial charge >= 0.3 is 5.97 Å². The van der Waals surface area contributed by atoms with Crippen molar-refractivity contribution >= 4 is 34.9 Å². The second kappa shape index (κ2) is 9.05. The molecule has 0 heterocycles. The van der Waals surface area contributed by atoms with Gasteiger partial charge in [-0.1, -0.05) is 11.6 Å². The van der Waals surface area contributed by atoms with Crippen molar-refractivity contribution in [3.05, 3.63) is 57.1 Å². The minimum Gasteiger partial charge on any atom is -0.497 e. The standard InChI is InChI=1S/C18H17ClN2O7/c1-10(17(22)20-14-9-12(26-2)5-7-16(14)27-3)28-18(23)13-6-4-11(19)8-15(13)21(24)25/h4-10H,1-3H3,(H,20,22). The number of carbonyl (C=O) groups is 2. The highest BCUT2D eigenvalue weighted by Crippen LogP contribution is 2.29. The third-order valence-corrected chi connectivity index (χ3v) is 3.93. The van der Waals surface area contributed by atoms with Gasteiger partial charge in [-0.25, -0.2) is 4.79 Å². The lowest BCUT2D eigenvalue weighted by Crippen LogP contribution is -2.30. The van der Waals surface area contributed by atoms with Crippen LogP contribution in [0, 0.1) is 10.1 Å². The van der Waals surface area contributed by atoms with Gasteiger partial charge in [0.05, 0.1) is 24.8 Å². The van der Waals surface area contributed by atoms with Crippen molar-refractivity contribution in [1.82, 2.24) is 0 Å². The molecule has 0 saturated carbocycles. The lowest BCUT2D eigenvalue weighted by Gasteiger charge is -2.16. The van der Waals surface area contributed by atoms with E-state index in [0.717, 1.165) is 6.07 Å². The number of rotatable bonds is 7. The second-order valence-electron chi connectivity index (χ2n) is 5.52. The molecule has 1 N–H and O–H groups in total. The third kappa shape index (κ3) is 4.89. The number of ether oxygens (including phenoxy) is 3. The van der Waals surface area contributed by atoms with Gasteiger partial charge in [0.25, 0.3) is 11.6 Å². The fourth-order valence-electron chi connectivity index (χ4n) is 2.25. The Morgan fingerprint density at radius 1 is 1.14 bits per heavy atom. The molecule has 1 unspecified atom stereocenters. The zero-order valence-corrected chi connectivity index (χ0v) is 16.0. The first-order valence-electron chi connectivity index (χ1n) is 7.94. The Hall–Kier alpha value is -3.33. The molecule has 0 bridgehead atoms. The number of nitro groups is 1. The van der Waals surface area contributed by atoms with Crippen molar-refractivity contribution in [2.75, 3.05) is 19.5 Å². The Balaban J connectivity index is 2.15. The van der Waals surface area contributed by atoms with Crippen LogP contribution in [-0.2, 0) is 9.53 Å². The van der Waals surface area contributed by atoms with E-state index in [9.17, 15) is 19.7 Å². The molecule has 2 aromatic rings. The number of anilines is 1. The Bertz CT molecular complexity index is 917. The molecule has 0 aliphatic heterocycles. The van der Waals surface area contributed by atoms with Gasteiger partial charge in [0.1, 0.15) is 17.1 Å². The minimum absolute atomic E-state index is 0.0964. The molecule has 1 amide bonds. The number of hydrogen-bond acceptors (Lipinski definition) is 7. The normalized spacial score (nSPS) is 11.3. The van der Waals surface area contributed by atoms with Crippen LogP contribution in [0.5, 0.6) is 11.5 Å². The van der Waals surface area contributed by atoms with Gasteiger partial charge in [0, 0.05) is 17.2 Å². The first kappa shape index (κ1) is 21.0. The fraction of sp³-hybridized carbons (Fsp3) is 0.222. The number of esters is 1. The maximum absolute atomic E-state index is 12.4. The summed E-state index contributed by atoms with van der Waals surface area (Å²) in [4.78, 5) is 35.0. The van der Waals surface area contributed by atoms with Crippen LogP contribution >= 0.6 is 11.6 Å². The molecule has 0 spiro atoms. The largest absolute Gasteiger partial charge is 0.497 e. The molecule has 2 rings (SSSR count). The molecular weight excluding hydrogens is 392 g/mol. The highest BCUT2D eigenvalue weighted by Gasteiger charge is 2.26. The average Bonchev–Trinajstić information content (AvgIpc) is 2.67. The number of methoxy groups -OCH3 is 2. The van der Waals surface area contributed by atoms with Gasteiger partial charge in [-0.05, 0) is 31.2 Å². The molecule has 0 aromatic heterocycles. The molecule has 1 atom stereocenters. The van der Waals surface area contributed by atoms with E-state index in [0.29, 0.717) is 17.2 Å². The molecule has 9 nitrogen and oxygen atoms in total. The molecule has 28 heavy (non-hydrogen) atoms. The molecule has 148 valence electrons. The van der Waals surface area contributed by atoms with E-state index in [1.54, 1.807) is 12.1 Å². The number of carbonyl (C=O) groups excluding carboxylic acids is 2. The molecule has 0 aliphatic carbocycles. The van der Waals surface area contributed by atoms with Crippen LogP contribution in [0.1, 0.15) is 17.3 Å². The van der Waals surface area contributed by atoms with Crippen molar-refractivity contribution in [1.29, 1.82) is 0 Å². The summed E-state index contributed by atoms with van der Waals surface area (Å²) in [6.07, 6.45) is -1.24. The number of benzene rings is 2. The Morgan fingerprint density at radius 2 is 1.86 bits per heavy atom.